The highest BCUT2D eigenvalue weighted by Gasteiger charge is 2.08. The maximum Gasteiger partial charge on any atom is 0.216 e. The Bertz CT molecular complexity index is 762. The lowest BCUT2D eigenvalue weighted by atomic mass is 10.1. The van der Waals surface area contributed by atoms with Crippen molar-refractivity contribution in [1.29, 1.82) is 0 Å². The van der Waals surface area contributed by atoms with Crippen LogP contribution >= 0.6 is 12.2 Å². The molecule has 6 heteroatoms. The van der Waals surface area contributed by atoms with Crippen LogP contribution in [0.25, 0.3) is 16.9 Å². The van der Waals surface area contributed by atoms with Crippen LogP contribution in [0.4, 0.5) is 0 Å². The second kappa shape index (κ2) is 4.23. The maximum atomic E-state index is 5.32. The van der Waals surface area contributed by atoms with E-state index in [1.54, 1.807) is 11.6 Å². The molecule has 0 spiro atoms. The molecule has 0 saturated heterocycles. The van der Waals surface area contributed by atoms with Crippen molar-refractivity contribution >= 4 is 17.9 Å². The standard InChI is InChI=1S/C12H10N4OS/c1-17-10-5-3-2-4-8(10)9-6-7-11-13-14-12(18)16(11)15-9/h2-7H,1H3,(H,14,18). The van der Waals surface area contributed by atoms with Gasteiger partial charge in [0.25, 0.3) is 0 Å². The van der Waals surface area contributed by atoms with Gasteiger partial charge in [-0.3, -0.25) is 0 Å². The summed E-state index contributed by atoms with van der Waals surface area (Å²) in [6.45, 7) is 0. The van der Waals surface area contributed by atoms with E-state index in [4.69, 9.17) is 17.0 Å². The fourth-order valence-electron chi connectivity index (χ4n) is 1.80. The van der Waals surface area contributed by atoms with Gasteiger partial charge in [0.15, 0.2) is 5.65 Å². The van der Waals surface area contributed by atoms with Gasteiger partial charge in [0.2, 0.25) is 4.77 Å². The molecule has 1 N–H and O–H groups in total. The first kappa shape index (κ1) is 10.9. The van der Waals surface area contributed by atoms with Gasteiger partial charge in [-0.15, -0.1) is 0 Å². The Morgan fingerprint density at radius 3 is 2.89 bits per heavy atom. The summed E-state index contributed by atoms with van der Waals surface area (Å²) in [6.07, 6.45) is 0. The minimum absolute atomic E-state index is 0.474. The van der Waals surface area contributed by atoms with Gasteiger partial charge in [0.05, 0.1) is 12.8 Å². The van der Waals surface area contributed by atoms with Crippen LogP contribution in [-0.2, 0) is 0 Å². The summed E-state index contributed by atoms with van der Waals surface area (Å²) in [5, 5.41) is 11.2. The van der Waals surface area contributed by atoms with Gasteiger partial charge in [-0.25, -0.2) is 5.10 Å². The first-order chi connectivity index (χ1) is 8.79. The molecule has 0 aliphatic heterocycles. The Morgan fingerprint density at radius 2 is 2.06 bits per heavy atom. The molecule has 0 radical (unpaired) electrons. The number of nitrogens with zero attached hydrogens (tertiary/aromatic N) is 3. The summed E-state index contributed by atoms with van der Waals surface area (Å²) in [5.74, 6) is 0.777. The van der Waals surface area contributed by atoms with E-state index in [9.17, 15) is 0 Å². The van der Waals surface area contributed by atoms with Crippen LogP contribution in [0.3, 0.4) is 0 Å². The molecule has 1 aromatic carbocycles. The summed E-state index contributed by atoms with van der Waals surface area (Å²) in [4.78, 5) is 0. The molecular weight excluding hydrogens is 248 g/mol. The van der Waals surface area contributed by atoms with Crippen LogP contribution in [0, 0.1) is 4.77 Å². The van der Waals surface area contributed by atoms with Crippen molar-refractivity contribution in [2.75, 3.05) is 7.11 Å². The monoisotopic (exact) mass is 258 g/mol. The number of nitrogens with one attached hydrogen (secondary N) is 1. The number of fused-ring (bicyclic) bond motifs is 1. The summed E-state index contributed by atoms with van der Waals surface area (Å²) in [5.41, 5.74) is 2.40. The van der Waals surface area contributed by atoms with Crippen molar-refractivity contribution in [3.63, 3.8) is 0 Å². The normalized spacial score (nSPS) is 10.7. The molecule has 3 aromatic rings. The Morgan fingerprint density at radius 1 is 1.22 bits per heavy atom. The first-order valence-electron chi connectivity index (χ1n) is 5.37. The van der Waals surface area contributed by atoms with Gasteiger partial charge in [-0.2, -0.15) is 14.7 Å². The summed E-state index contributed by atoms with van der Waals surface area (Å²) in [6, 6.07) is 11.5. The predicted molar refractivity (Wildman–Crippen MR) is 70.2 cm³/mol. The van der Waals surface area contributed by atoms with E-state index in [1.165, 1.54) is 0 Å². The second-order valence-corrected chi connectivity index (χ2v) is 4.10. The highest BCUT2D eigenvalue weighted by Crippen LogP contribution is 2.27. The lowest BCUT2D eigenvalue weighted by Gasteiger charge is -2.07. The van der Waals surface area contributed by atoms with E-state index in [1.807, 2.05) is 36.4 Å². The molecule has 0 saturated carbocycles. The zero-order valence-electron chi connectivity index (χ0n) is 9.62. The largest absolute Gasteiger partial charge is 0.496 e. The van der Waals surface area contributed by atoms with Crippen LogP contribution in [0.1, 0.15) is 0 Å². The lowest BCUT2D eigenvalue weighted by Crippen LogP contribution is -1.96. The van der Waals surface area contributed by atoms with E-state index in [-0.39, 0.29) is 0 Å². The minimum Gasteiger partial charge on any atom is -0.496 e. The predicted octanol–water partition coefficient (Wildman–Crippen LogP) is 2.46. The molecule has 2 heterocycles. The van der Waals surface area contributed by atoms with Gasteiger partial charge < -0.3 is 4.74 Å². The molecular formula is C12H10N4OS. The first-order valence-corrected chi connectivity index (χ1v) is 5.78. The third kappa shape index (κ3) is 1.67. The third-order valence-corrected chi connectivity index (χ3v) is 2.92. The van der Waals surface area contributed by atoms with E-state index < -0.39 is 0 Å². The number of hydrogen-bond donors (Lipinski definition) is 1. The Labute approximate surface area is 108 Å². The molecule has 3 rings (SSSR count). The molecule has 2 aromatic heterocycles. The van der Waals surface area contributed by atoms with Gasteiger partial charge in [-0.05, 0) is 36.5 Å². The Kier molecular flexibility index (Phi) is 2.56. The highest BCUT2D eigenvalue weighted by atomic mass is 32.1. The fraction of sp³-hybridized carbons (Fsp3) is 0.0833. The quantitative estimate of drug-likeness (QED) is 0.717. The van der Waals surface area contributed by atoms with Crippen LogP contribution in [0.5, 0.6) is 5.75 Å². The molecule has 0 unspecified atom stereocenters. The summed E-state index contributed by atoms with van der Waals surface area (Å²) >= 11 is 5.11. The third-order valence-electron chi connectivity index (χ3n) is 2.66. The number of aromatic nitrogens is 4. The molecule has 0 fully saturated rings. The van der Waals surface area contributed by atoms with Crippen molar-refractivity contribution in [2.45, 2.75) is 0 Å². The number of hydrogen-bond acceptors (Lipinski definition) is 4. The number of methoxy groups -OCH3 is 1. The fourth-order valence-corrected chi connectivity index (χ4v) is 1.98. The van der Waals surface area contributed by atoms with Gasteiger partial charge in [-0.1, -0.05) is 12.1 Å². The smallest absolute Gasteiger partial charge is 0.216 e. The molecule has 0 atom stereocenters. The van der Waals surface area contributed by atoms with Crippen molar-refractivity contribution in [2.24, 2.45) is 0 Å². The molecule has 0 amide bonds. The van der Waals surface area contributed by atoms with Crippen molar-refractivity contribution in [3.8, 4) is 17.0 Å². The topological polar surface area (TPSA) is 55.2 Å². The Balaban J connectivity index is 2.25. The van der Waals surface area contributed by atoms with E-state index in [2.05, 4.69) is 15.3 Å². The molecule has 18 heavy (non-hydrogen) atoms. The summed E-state index contributed by atoms with van der Waals surface area (Å²) < 4.78 is 7.39. The number of ether oxygens (including phenoxy) is 1. The minimum atomic E-state index is 0.474. The lowest BCUT2D eigenvalue weighted by molar-refractivity contribution is 0.416. The molecule has 0 aliphatic carbocycles. The van der Waals surface area contributed by atoms with Gasteiger partial charge in [0.1, 0.15) is 5.75 Å². The molecule has 0 bridgehead atoms. The van der Waals surface area contributed by atoms with E-state index >= 15 is 0 Å². The van der Waals surface area contributed by atoms with Gasteiger partial charge in [0, 0.05) is 5.56 Å². The number of rotatable bonds is 2. The average Bonchev–Trinajstić information content (AvgIpc) is 2.80. The SMILES string of the molecule is COc1ccccc1-c1ccc2n[nH]c(=S)n2n1. The zero-order chi connectivity index (χ0) is 12.5. The van der Waals surface area contributed by atoms with Gasteiger partial charge >= 0.3 is 0 Å². The Hall–Kier alpha value is -2.21. The number of aromatic amines is 1. The molecule has 0 aliphatic rings. The van der Waals surface area contributed by atoms with Crippen molar-refractivity contribution < 1.29 is 4.74 Å². The maximum absolute atomic E-state index is 5.32. The molecule has 5 nitrogen and oxygen atoms in total. The number of H-pyrrole nitrogens is 1. The molecule has 90 valence electrons. The van der Waals surface area contributed by atoms with Crippen LogP contribution in [0.15, 0.2) is 36.4 Å². The van der Waals surface area contributed by atoms with Crippen LogP contribution < -0.4 is 4.74 Å². The second-order valence-electron chi connectivity index (χ2n) is 3.72. The summed E-state index contributed by atoms with van der Waals surface area (Å²) in [7, 11) is 1.64. The highest BCUT2D eigenvalue weighted by molar-refractivity contribution is 7.71. The number of benzene rings is 1. The van der Waals surface area contributed by atoms with Crippen molar-refractivity contribution in [3.05, 3.63) is 41.2 Å². The number of para-hydroxylation sites is 1. The average molecular weight is 258 g/mol. The van der Waals surface area contributed by atoms with Crippen LogP contribution in [0.2, 0.25) is 0 Å². The zero-order valence-corrected chi connectivity index (χ0v) is 10.4. The van der Waals surface area contributed by atoms with E-state index in [0.29, 0.717) is 10.4 Å². The van der Waals surface area contributed by atoms with Crippen molar-refractivity contribution in [1.82, 2.24) is 19.8 Å². The van der Waals surface area contributed by atoms with Crippen LogP contribution in [-0.4, -0.2) is 26.9 Å². The van der Waals surface area contributed by atoms with E-state index in [0.717, 1.165) is 17.0 Å².